The molecule has 0 atom stereocenters. The van der Waals surface area contributed by atoms with Crippen molar-refractivity contribution in [1.82, 2.24) is 0 Å². The molecule has 1 aromatic carbocycles. The highest BCUT2D eigenvalue weighted by atomic mass is 28.3. The molecule has 0 aliphatic heterocycles. The number of rotatable bonds is 3. The van der Waals surface area contributed by atoms with E-state index in [4.69, 9.17) is 0 Å². The van der Waals surface area contributed by atoms with Crippen molar-refractivity contribution in [3.63, 3.8) is 0 Å². The number of allylic oxidation sites excluding steroid dienone is 8. The minimum Gasteiger partial charge on any atom is -0.289 e. The first kappa shape index (κ1) is 38.3. The van der Waals surface area contributed by atoms with Crippen LogP contribution in [0.4, 0.5) is 0 Å². The van der Waals surface area contributed by atoms with Gasteiger partial charge < -0.3 is 0 Å². The van der Waals surface area contributed by atoms with E-state index in [1.165, 1.54) is 35.1 Å². The van der Waals surface area contributed by atoms with E-state index in [9.17, 15) is 9.59 Å². The molecule has 6 heteroatoms. The van der Waals surface area contributed by atoms with Crippen molar-refractivity contribution in [2.24, 2.45) is 0 Å². The molecule has 1 aromatic rings. The molecule has 262 valence electrons. The maximum absolute atomic E-state index is 13.7. The number of benzene rings is 1. The number of ketones is 2. The molecule has 6 aliphatic carbocycles. The van der Waals surface area contributed by atoms with Crippen LogP contribution in [0.1, 0.15) is 90.3 Å². The van der Waals surface area contributed by atoms with Crippen LogP contribution in [0, 0.1) is 34.8 Å². The molecule has 2 bridgehead atoms. The molecule has 0 unspecified atom stereocenters. The van der Waals surface area contributed by atoms with Crippen molar-refractivity contribution in [3.05, 3.63) is 63.3 Å². The molecule has 0 saturated carbocycles. The van der Waals surface area contributed by atoms with Crippen molar-refractivity contribution in [3.8, 4) is 34.8 Å². The SMILES string of the molecule is C[Si](C)(C)C#CC#CC(=O)C1=C(C#C[Si](C)(C)C)CCCC1.C[Si](C)(C)c1c2c(c3c(c1[Si](C)(C)C)C1C=CC3C=C1)C(=O)C1=C2CCCC1. The Morgan fingerprint density at radius 2 is 1.12 bits per heavy atom. The van der Waals surface area contributed by atoms with Crippen molar-refractivity contribution in [1.29, 1.82) is 0 Å². The lowest BCUT2D eigenvalue weighted by molar-refractivity contribution is -0.110. The molecule has 0 heterocycles. The van der Waals surface area contributed by atoms with Crippen LogP contribution in [-0.4, -0.2) is 43.9 Å². The molecular formula is C44H58O2Si4. The van der Waals surface area contributed by atoms with Crippen LogP contribution in [0.5, 0.6) is 0 Å². The number of fused-ring (bicyclic) bond motifs is 2. The number of carbonyl (C=O) groups excluding carboxylic acids is 2. The Bertz CT molecular complexity index is 1930. The first-order valence-electron chi connectivity index (χ1n) is 18.9. The van der Waals surface area contributed by atoms with Crippen LogP contribution in [0.25, 0.3) is 5.57 Å². The monoisotopic (exact) mass is 730 g/mol. The van der Waals surface area contributed by atoms with E-state index in [-0.39, 0.29) is 5.78 Å². The van der Waals surface area contributed by atoms with Gasteiger partial charge in [0.05, 0.1) is 16.1 Å². The summed E-state index contributed by atoms with van der Waals surface area (Å²) in [7, 11) is -6.07. The van der Waals surface area contributed by atoms with Gasteiger partial charge in [0, 0.05) is 34.1 Å². The lowest BCUT2D eigenvalue weighted by atomic mass is 9.73. The molecule has 0 aromatic heterocycles. The average Bonchev–Trinajstić information content (AvgIpc) is 3.32. The second-order valence-corrected chi connectivity index (χ2v) is 38.4. The third-order valence-electron chi connectivity index (χ3n) is 10.1. The second-order valence-electron chi connectivity index (χ2n) is 18.9. The molecular weight excluding hydrogens is 673 g/mol. The lowest BCUT2D eigenvalue weighted by Gasteiger charge is -2.40. The topological polar surface area (TPSA) is 34.1 Å². The summed E-state index contributed by atoms with van der Waals surface area (Å²) in [5.41, 5.74) is 16.5. The quantitative estimate of drug-likeness (QED) is 0.134. The maximum atomic E-state index is 13.7. The van der Waals surface area contributed by atoms with Gasteiger partial charge in [-0.05, 0) is 91.4 Å². The minimum absolute atomic E-state index is 0.0792. The van der Waals surface area contributed by atoms with Crippen LogP contribution in [0.3, 0.4) is 0 Å². The minimum atomic E-state index is -1.64. The zero-order valence-electron chi connectivity index (χ0n) is 32.9. The number of carbonyl (C=O) groups is 2. The molecule has 0 spiro atoms. The molecule has 50 heavy (non-hydrogen) atoms. The summed E-state index contributed by atoms with van der Waals surface area (Å²) in [4.78, 5) is 26.1. The summed E-state index contributed by atoms with van der Waals surface area (Å²) in [5.74, 6) is 12.5. The summed E-state index contributed by atoms with van der Waals surface area (Å²) in [6.07, 6.45) is 17.9. The third-order valence-corrected chi connectivity index (χ3v) is 16.1. The van der Waals surface area contributed by atoms with E-state index < -0.39 is 32.3 Å². The number of hydrogen-bond donors (Lipinski definition) is 0. The first-order valence-corrected chi connectivity index (χ1v) is 32.9. The van der Waals surface area contributed by atoms with Gasteiger partial charge in [0.1, 0.15) is 16.1 Å². The van der Waals surface area contributed by atoms with Crippen LogP contribution >= 0.6 is 0 Å². The Labute approximate surface area is 307 Å². The van der Waals surface area contributed by atoms with E-state index in [1.54, 1.807) is 15.9 Å². The van der Waals surface area contributed by atoms with Crippen LogP contribution in [0.15, 0.2) is 41.0 Å². The fourth-order valence-corrected chi connectivity index (χ4v) is 15.2. The fourth-order valence-electron chi connectivity index (χ4n) is 8.06. The summed E-state index contributed by atoms with van der Waals surface area (Å²) >= 11 is 0. The predicted octanol–water partition coefficient (Wildman–Crippen LogP) is 9.80. The third kappa shape index (κ3) is 8.24. The molecule has 0 amide bonds. The van der Waals surface area contributed by atoms with E-state index in [0.717, 1.165) is 55.2 Å². The van der Waals surface area contributed by atoms with Crippen molar-refractivity contribution in [2.45, 2.75) is 142 Å². The van der Waals surface area contributed by atoms with E-state index in [0.29, 0.717) is 17.6 Å². The molecule has 0 N–H and O–H groups in total. The molecule has 0 radical (unpaired) electrons. The van der Waals surface area contributed by atoms with Crippen molar-refractivity contribution in [2.75, 3.05) is 0 Å². The van der Waals surface area contributed by atoms with Gasteiger partial charge in [-0.2, -0.15) is 0 Å². The zero-order valence-corrected chi connectivity index (χ0v) is 36.9. The predicted molar refractivity (Wildman–Crippen MR) is 226 cm³/mol. The number of hydrogen-bond acceptors (Lipinski definition) is 2. The largest absolute Gasteiger partial charge is 0.289 e. The van der Waals surface area contributed by atoms with E-state index in [1.807, 2.05) is 0 Å². The normalized spacial score (nSPS) is 20.7. The zero-order chi connectivity index (χ0) is 36.8. The Morgan fingerprint density at radius 1 is 0.600 bits per heavy atom. The number of Topliss-reactive ketones (excluding diaryl/α,β-unsaturated/α-hetero) is 2. The summed E-state index contributed by atoms with van der Waals surface area (Å²) in [6.45, 7) is 28.2. The van der Waals surface area contributed by atoms with Gasteiger partial charge >= 0.3 is 0 Å². The van der Waals surface area contributed by atoms with Gasteiger partial charge in [0.25, 0.3) is 0 Å². The smallest absolute Gasteiger partial charge is 0.233 e. The standard InChI is InChI=1S/C25H32OSi2.C19H26OSi2/c1-27(2,3)24-20-16-13-11-15(12-14-16)19(20)22-21(25(24)28(4,5)6)17-9-7-8-10-18(17)23(22)26;1-21(2,3)15-10-9-13-19(20)18-12-8-7-11-17(18)14-16-22(4,5)6/h11-16H,7-10H2,1-6H3;7-8,11-12H2,1-6H3. The Hall–Kier alpha value is -2.93. The van der Waals surface area contributed by atoms with Gasteiger partial charge in [0.2, 0.25) is 5.78 Å². The molecule has 2 nitrogen and oxygen atoms in total. The summed E-state index contributed by atoms with van der Waals surface area (Å²) in [6, 6.07) is 0. The highest BCUT2D eigenvalue weighted by molar-refractivity contribution is 6.99. The Morgan fingerprint density at radius 3 is 1.68 bits per heavy atom. The lowest BCUT2D eigenvalue weighted by Crippen LogP contribution is -2.60. The fraction of sp³-hybridized carbons (Fsp3) is 0.500. The van der Waals surface area contributed by atoms with E-state index >= 15 is 0 Å². The molecule has 6 aliphatic rings. The van der Waals surface area contributed by atoms with Crippen LogP contribution in [-0.2, 0) is 4.79 Å². The van der Waals surface area contributed by atoms with Crippen molar-refractivity contribution < 1.29 is 9.59 Å². The highest BCUT2D eigenvalue weighted by Gasteiger charge is 2.45. The highest BCUT2D eigenvalue weighted by Crippen LogP contribution is 2.49. The molecule has 0 fully saturated rings. The van der Waals surface area contributed by atoms with Gasteiger partial charge in [-0.1, -0.05) is 119 Å². The van der Waals surface area contributed by atoms with Gasteiger partial charge in [-0.3, -0.25) is 9.59 Å². The summed E-state index contributed by atoms with van der Waals surface area (Å²) < 4.78 is 0. The Balaban J connectivity index is 0.000000202. The maximum Gasteiger partial charge on any atom is 0.233 e. The molecule has 7 rings (SSSR count). The van der Waals surface area contributed by atoms with E-state index in [2.05, 4.69) is 138 Å². The average molecular weight is 731 g/mol. The van der Waals surface area contributed by atoms with Crippen LogP contribution in [0.2, 0.25) is 78.6 Å². The van der Waals surface area contributed by atoms with Crippen LogP contribution < -0.4 is 10.4 Å². The Kier molecular flexibility index (Phi) is 10.9. The van der Waals surface area contributed by atoms with Crippen molar-refractivity contribution >= 4 is 59.8 Å². The van der Waals surface area contributed by atoms with Gasteiger partial charge in [-0.25, -0.2) is 0 Å². The first-order chi connectivity index (χ1) is 23.2. The van der Waals surface area contributed by atoms with Gasteiger partial charge in [-0.15, -0.1) is 11.1 Å². The summed E-state index contributed by atoms with van der Waals surface area (Å²) in [5, 5.41) is 3.35. The van der Waals surface area contributed by atoms with Gasteiger partial charge in [0.15, 0.2) is 5.78 Å². The molecule has 0 saturated heterocycles. The second kappa shape index (κ2) is 14.2.